The summed E-state index contributed by atoms with van der Waals surface area (Å²) < 4.78 is 0. The fourth-order valence-electron chi connectivity index (χ4n) is 1.94. The van der Waals surface area contributed by atoms with E-state index < -0.39 is 0 Å². The normalized spacial score (nSPS) is 15.2. The smallest absolute Gasteiger partial charge is 0.227 e. The first kappa shape index (κ1) is 10.3. The Kier molecular flexibility index (Phi) is 2.16. The van der Waals surface area contributed by atoms with Gasteiger partial charge in [0.1, 0.15) is 0 Å². The molecule has 0 amide bonds. The van der Waals surface area contributed by atoms with Gasteiger partial charge in [-0.15, -0.1) is 0 Å². The van der Waals surface area contributed by atoms with Crippen LogP contribution in [0.1, 0.15) is 10.4 Å². The van der Waals surface area contributed by atoms with Gasteiger partial charge < -0.3 is 0 Å². The molecule has 0 aromatic heterocycles. The first-order valence-corrected chi connectivity index (χ1v) is 5.97. The van der Waals surface area contributed by atoms with Crippen molar-refractivity contribution in [1.29, 1.82) is 0 Å². The Morgan fingerprint density at radius 2 is 1.76 bits per heavy atom. The summed E-state index contributed by atoms with van der Waals surface area (Å²) in [6, 6.07) is 11.4. The number of hydrogen-bond donors (Lipinski definition) is 0. The van der Waals surface area contributed by atoms with Crippen LogP contribution in [0.4, 0.5) is 0 Å². The third-order valence-corrected chi connectivity index (χ3v) is 3.92. The van der Waals surface area contributed by atoms with Gasteiger partial charge >= 0.3 is 0 Å². The minimum absolute atomic E-state index is 0.0674. The number of carbonyl (C=O) groups excluding carboxylic acids is 2. The maximum absolute atomic E-state index is 11.9. The Bertz CT molecular complexity index is 686. The number of thioether (sulfide) groups is 1. The van der Waals surface area contributed by atoms with Gasteiger partial charge in [-0.1, -0.05) is 36.9 Å². The van der Waals surface area contributed by atoms with Gasteiger partial charge in [0.25, 0.3) is 0 Å². The number of ketones is 1. The number of Topliss-reactive ketones (excluding diaryl/α,β-unsaturated/α-hetero) is 1. The van der Waals surface area contributed by atoms with Crippen LogP contribution in [0, 0.1) is 0 Å². The van der Waals surface area contributed by atoms with Crippen LogP contribution in [0.15, 0.2) is 53.4 Å². The third-order valence-electron chi connectivity index (χ3n) is 2.84. The molecule has 3 rings (SSSR count). The molecule has 0 aliphatic carbocycles. The van der Waals surface area contributed by atoms with Gasteiger partial charge in [-0.25, -0.2) is 0 Å². The molecule has 2 aromatic rings. The predicted octanol–water partition coefficient (Wildman–Crippen LogP) is 3.21. The zero-order chi connectivity index (χ0) is 12.0. The molecular weight excluding hydrogens is 232 g/mol. The Balaban J connectivity index is 2.38. The highest BCUT2D eigenvalue weighted by molar-refractivity contribution is 8.14. The molecule has 1 aliphatic rings. The summed E-state index contributed by atoms with van der Waals surface area (Å²) in [5.74, 6) is -0.255. The molecule has 2 aromatic carbocycles. The SMILES string of the molecule is C=C1C(=O)Sc2c(ccc3ccccc23)C1=O. The van der Waals surface area contributed by atoms with Crippen LogP contribution < -0.4 is 0 Å². The lowest BCUT2D eigenvalue weighted by Gasteiger charge is -2.16. The number of rotatable bonds is 0. The number of hydrogen-bond acceptors (Lipinski definition) is 3. The van der Waals surface area contributed by atoms with Crippen molar-refractivity contribution in [2.45, 2.75) is 4.90 Å². The van der Waals surface area contributed by atoms with E-state index in [4.69, 9.17) is 0 Å². The lowest BCUT2D eigenvalue weighted by atomic mass is 10.0. The Morgan fingerprint density at radius 1 is 1.00 bits per heavy atom. The molecule has 0 spiro atoms. The van der Waals surface area contributed by atoms with Crippen molar-refractivity contribution in [3.05, 3.63) is 54.1 Å². The zero-order valence-corrected chi connectivity index (χ0v) is 9.71. The van der Waals surface area contributed by atoms with Crippen molar-refractivity contribution in [3.8, 4) is 0 Å². The molecule has 0 atom stereocenters. The van der Waals surface area contributed by atoms with Crippen LogP contribution in [0.5, 0.6) is 0 Å². The van der Waals surface area contributed by atoms with Crippen molar-refractivity contribution in [2.75, 3.05) is 0 Å². The summed E-state index contributed by atoms with van der Waals surface area (Å²) in [4.78, 5) is 24.3. The zero-order valence-electron chi connectivity index (χ0n) is 8.90. The van der Waals surface area contributed by atoms with Crippen LogP contribution >= 0.6 is 11.8 Å². The molecule has 0 bridgehead atoms. The molecule has 0 unspecified atom stereocenters. The van der Waals surface area contributed by atoms with Crippen molar-refractivity contribution >= 4 is 33.4 Å². The maximum atomic E-state index is 11.9. The van der Waals surface area contributed by atoms with Gasteiger partial charge in [0, 0.05) is 10.5 Å². The highest BCUT2D eigenvalue weighted by Crippen LogP contribution is 2.38. The first-order chi connectivity index (χ1) is 8.18. The monoisotopic (exact) mass is 240 g/mol. The molecule has 82 valence electrons. The lowest BCUT2D eigenvalue weighted by molar-refractivity contribution is -0.107. The lowest BCUT2D eigenvalue weighted by Crippen LogP contribution is -2.16. The molecule has 2 nitrogen and oxygen atoms in total. The Hall–Kier alpha value is -1.87. The largest absolute Gasteiger partial charge is 0.288 e. The average Bonchev–Trinajstić information content (AvgIpc) is 2.36. The molecule has 0 saturated heterocycles. The van der Waals surface area contributed by atoms with Crippen molar-refractivity contribution in [1.82, 2.24) is 0 Å². The van der Waals surface area contributed by atoms with Crippen molar-refractivity contribution in [3.63, 3.8) is 0 Å². The molecule has 0 saturated carbocycles. The standard InChI is InChI=1S/C14H8O2S/c1-8-12(15)11-7-6-9-4-2-3-5-10(9)13(11)17-14(8)16/h2-7H,1H2. The quantitative estimate of drug-likeness (QED) is 0.524. The van der Waals surface area contributed by atoms with Crippen LogP contribution in [0.25, 0.3) is 10.8 Å². The predicted molar refractivity (Wildman–Crippen MR) is 68.3 cm³/mol. The molecule has 17 heavy (non-hydrogen) atoms. The highest BCUT2D eigenvalue weighted by Gasteiger charge is 2.28. The van der Waals surface area contributed by atoms with Gasteiger partial charge in [-0.3, -0.25) is 9.59 Å². The van der Waals surface area contributed by atoms with E-state index in [1.165, 1.54) is 0 Å². The van der Waals surface area contributed by atoms with E-state index >= 15 is 0 Å². The number of fused-ring (bicyclic) bond motifs is 3. The highest BCUT2D eigenvalue weighted by atomic mass is 32.2. The number of carbonyl (C=O) groups is 2. The summed E-state index contributed by atoms with van der Waals surface area (Å²) in [7, 11) is 0. The third kappa shape index (κ3) is 1.43. The topological polar surface area (TPSA) is 34.1 Å². The van der Waals surface area contributed by atoms with Gasteiger partial charge in [-0.2, -0.15) is 0 Å². The van der Waals surface area contributed by atoms with E-state index in [0.717, 1.165) is 27.4 Å². The average molecular weight is 240 g/mol. The van der Waals surface area contributed by atoms with E-state index in [9.17, 15) is 9.59 Å². The van der Waals surface area contributed by atoms with Crippen LogP contribution in [0.3, 0.4) is 0 Å². The molecule has 1 aliphatic heterocycles. The number of benzene rings is 2. The van der Waals surface area contributed by atoms with Crippen LogP contribution in [-0.2, 0) is 4.79 Å². The van der Waals surface area contributed by atoms with Gasteiger partial charge in [0.2, 0.25) is 5.12 Å². The molecule has 1 heterocycles. The van der Waals surface area contributed by atoms with E-state index in [-0.39, 0.29) is 16.5 Å². The van der Waals surface area contributed by atoms with Gasteiger partial charge in [0.05, 0.1) is 5.57 Å². The second kappa shape index (κ2) is 3.57. The summed E-state index contributed by atoms with van der Waals surface area (Å²) in [5, 5.41) is 1.73. The molecule has 0 fully saturated rings. The van der Waals surface area contributed by atoms with Crippen LogP contribution in [-0.4, -0.2) is 10.9 Å². The molecule has 3 heteroatoms. The second-order valence-corrected chi connectivity index (χ2v) is 4.84. The Morgan fingerprint density at radius 3 is 2.59 bits per heavy atom. The minimum atomic E-state index is -0.255. The molecule has 0 radical (unpaired) electrons. The minimum Gasteiger partial charge on any atom is -0.288 e. The summed E-state index contributed by atoms with van der Waals surface area (Å²) in [6.07, 6.45) is 0. The van der Waals surface area contributed by atoms with E-state index in [0.29, 0.717) is 5.56 Å². The second-order valence-electron chi connectivity index (χ2n) is 3.86. The van der Waals surface area contributed by atoms with Crippen molar-refractivity contribution < 1.29 is 9.59 Å². The van der Waals surface area contributed by atoms with Crippen LogP contribution in [0.2, 0.25) is 0 Å². The van der Waals surface area contributed by atoms with E-state index in [2.05, 4.69) is 6.58 Å². The van der Waals surface area contributed by atoms with E-state index in [1.807, 2.05) is 30.3 Å². The molecular formula is C14H8O2S. The van der Waals surface area contributed by atoms with Gasteiger partial charge in [-0.05, 0) is 28.6 Å². The van der Waals surface area contributed by atoms with E-state index in [1.54, 1.807) is 6.07 Å². The first-order valence-electron chi connectivity index (χ1n) is 5.16. The van der Waals surface area contributed by atoms with Crippen molar-refractivity contribution in [2.24, 2.45) is 0 Å². The summed E-state index contributed by atoms with van der Waals surface area (Å²) in [6.45, 7) is 3.54. The fourth-order valence-corrected chi connectivity index (χ4v) is 2.91. The fraction of sp³-hybridized carbons (Fsp3) is 0. The van der Waals surface area contributed by atoms with Gasteiger partial charge in [0.15, 0.2) is 5.78 Å². The maximum Gasteiger partial charge on any atom is 0.227 e. The molecule has 0 N–H and O–H groups in total. The summed E-state index contributed by atoms with van der Waals surface area (Å²) in [5.41, 5.74) is 0.649. The Labute approximate surface area is 102 Å². The summed E-state index contributed by atoms with van der Waals surface area (Å²) >= 11 is 1.09.